The van der Waals surface area contributed by atoms with Crippen molar-refractivity contribution in [3.05, 3.63) is 82.4 Å². The number of benzene rings is 1. The standard InChI is InChI=1S/C22H23ClN4S/c1-4-26-21(20(25-22(26)28)19-10-5-6-11-24-19)18-12-14(2)27(15(18)3)17-9-7-8-16(23)13-17/h5-13,20-21H,4H2,1-3H3,(H,25,28)/t20-,21-/m1/s1. The first-order chi connectivity index (χ1) is 13.5. The third-order valence-corrected chi connectivity index (χ3v) is 5.98. The van der Waals surface area contributed by atoms with Crippen LogP contribution in [0, 0.1) is 13.8 Å². The Bertz CT molecular complexity index is 1010. The molecule has 2 aromatic heterocycles. The molecule has 0 saturated carbocycles. The van der Waals surface area contributed by atoms with E-state index in [4.69, 9.17) is 23.8 Å². The molecule has 4 nitrogen and oxygen atoms in total. The molecule has 4 rings (SSSR count). The van der Waals surface area contributed by atoms with Crippen molar-refractivity contribution in [1.82, 2.24) is 19.8 Å². The summed E-state index contributed by atoms with van der Waals surface area (Å²) in [7, 11) is 0. The lowest BCUT2D eigenvalue weighted by atomic mass is 9.97. The molecule has 144 valence electrons. The van der Waals surface area contributed by atoms with Crippen molar-refractivity contribution < 1.29 is 0 Å². The Morgan fingerprint density at radius 2 is 1.96 bits per heavy atom. The minimum Gasteiger partial charge on any atom is -0.352 e. The molecule has 6 heteroatoms. The molecule has 0 spiro atoms. The summed E-state index contributed by atoms with van der Waals surface area (Å²) in [5, 5.41) is 5.00. The lowest BCUT2D eigenvalue weighted by Crippen LogP contribution is -2.29. The van der Waals surface area contributed by atoms with Crippen LogP contribution >= 0.6 is 23.8 Å². The van der Waals surface area contributed by atoms with E-state index in [1.165, 1.54) is 17.0 Å². The highest BCUT2D eigenvalue weighted by atomic mass is 35.5. The summed E-state index contributed by atoms with van der Waals surface area (Å²) in [6.45, 7) is 7.26. The fourth-order valence-corrected chi connectivity index (χ4v) is 4.74. The Morgan fingerprint density at radius 3 is 2.64 bits per heavy atom. The van der Waals surface area contributed by atoms with Gasteiger partial charge in [-0.15, -0.1) is 0 Å². The van der Waals surface area contributed by atoms with Gasteiger partial charge in [0.15, 0.2) is 5.11 Å². The molecule has 3 heterocycles. The third-order valence-electron chi connectivity index (χ3n) is 5.39. The summed E-state index contributed by atoms with van der Waals surface area (Å²) < 4.78 is 2.26. The van der Waals surface area contributed by atoms with E-state index in [1.807, 2.05) is 36.5 Å². The SMILES string of the molecule is CCN1C(=S)N[C@H](c2ccccn2)[C@H]1c1cc(C)n(-c2cccc(Cl)c2)c1C. The maximum absolute atomic E-state index is 6.24. The van der Waals surface area contributed by atoms with Crippen LogP contribution in [0.1, 0.15) is 41.7 Å². The van der Waals surface area contributed by atoms with E-state index in [-0.39, 0.29) is 12.1 Å². The molecule has 0 amide bonds. The van der Waals surface area contributed by atoms with E-state index in [0.717, 1.165) is 28.1 Å². The van der Waals surface area contributed by atoms with Crippen molar-refractivity contribution in [1.29, 1.82) is 0 Å². The number of rotatable bonds is 4. The van der Waals surface area contributed by atoms with Crippen LogP contribution in [0.3, 0.4) is 0 Å². The first-order valence-corrected chi connectivity index (χ1v) is 10.2. The summed E-state index contributed by atoms with van der Waals surface area (Å²) in [5.74, 6) is 0. The zero-order valence-electron chi connectivity index (χ0n) is 16.2. The number of likely N-dealkylation sites (N-methyl/N-ethyl adjacent to an activating group) is 1. The molecular formula is C22H23ClN4S. The van der Waals surface area contributed by atoms with Crippen molar-refractivity contribution in [2.24, 2.45) is 0 Å². The van der Waals surface area contributed by atoms with Crippen LogP contribution in [-0.2, 0) is 0 Å². The van der Waals surface area contributed by atoms with Crippen LogP contribution in [0.4, 0.5) is 0 Å². The largest absolute Gasteiger partial charge is 0.352 e. The number of nitrogens with zero attached hydrogens (tertiary/aromatic N) is 3. The quantitative estimate of drug-likeness (QED) is 0.604. The highest BCUT2D eigenvalue weighted by molar-refractivity contribution is 7.80. The Hall–Kier alpha value is -2.37. The summed E-state index contributed by atoms with van der Waals surface area (Å²) >= 11 is 11.9. The molecule has 1 N–H and O–H groups in total. The van der Waals surface area contributed by atoms with Gasteiger partial charge in [0.05, 0.1) is 17.8 Å². The fraction of sp³-hybridized carbons (Fsp3) is 0.273. The first-order valence-electron chi connectivity index (χ1n) is 9.44. The highest BCUT2D eigenvalue weighted by Crippen LogP contribution is 2.41. The number of aryl methyl sites for hydroxylation is 1. The van der Waals surface area contributed by atoms with Gasteiger partial charge < -0.3 is 14.8 Å². The van der Waals surface area contributed by atoms with E-state index in [2.05, 4.69) is 58.7 Å². The molecular weight excluding hydrogens is 388 g/mol. The first kappa shape index (κ1) is 19.0. The molecule has 3 aromatic rings. The minimum absolute atomic E-state index is 0.0157. The van der Waals surface area contributed by atoms with E-state index in [9.17, 15) is 0 Å². The van der Waals surface area contributed by atoms with Gasteiger partial charge in [-0.3, -0.25) is 4.98 Å². The maximum Gasteiger partial charge on any atom is 0.170 e. The monoisotopic (exact) mass is 410 g/mol. The number of hydrogen-bond donors (Lipinski definition) is 1. The summed E-state index contributed by atoms with van der Waals surface area (Å²) in [6.07, 6.45) is 1.83. The molecule has 0 aliphatic carbocycles. The number of nitrogens with one attached hydrogen (secondary N) is 1. The van der Waals surface area contributed by atoms with Gasteiger partial charge in [-0.2, -0.15) is 0 Å². The second-order valence-electron chi connectivity index (χ2n) is 7.05. The van der Waals surface area contributed by atoms with Crippen molar-refractivity contribution in [2.45, 2.75) is 32.9 Å². The van der Waals surface area contributed by atoms with Crippen LogP contribution in [0.2, 0.25) is 5.02 Å². The van der Waals surface area contributed by atoms with E-state index in [1.54, 1.807) is 0 Å². The van der Waals surface area contributed by atoms with Crippen LogP contribution in [-0.4, -0.2) is 26.1 Å². The predicted molar refractivity (Wildman–Crippen MR) is 118 cm³/mol. The molecule has 1 aliphatic heterocycles. The van der Waals surface area contributed by atoms with Gasteiger partial charge in [0.2, 0.25) is 0 Å². The summed E-state index contributed by atoms with van der Waals surface area (Å²) in [5.41, 5.74) is 5.68. The maximum atomic E-state index is 6.24. The minimum atomic E-state index is 0.0157. The lowest BCUT2D eigenvalue weighted by Gasteiger charge is -2.27. The second kappa shape index (κ2) is 7.57. The van der Waals surface area contributed by atoms with E-state index in [0.29, 0.717) is 0 Å². The smallest absolute Gasteiger partial charge is 0.170 e. The van der Waals surface area contributed by atoms with Gasteiger partial charge in [0.1, 0.15) is 0 Å². The van der Waals surface area contributed by atoms with Crippen LogP contribution in [0.5, 0.6) is 0 Å². The molecule has 0 unspecified atom stereocenters. The molecule has 1 aromatic carbocycles. The van der Waals surface area contributed by atoms with Crippen molar-refractivity contribution in [3.8, 4) is 5.69 Å². The lowest BCUT2D eigenvalue weighted by molar-refractivity contribution is 0.329. The second-order valence-corrected chi connectivity index (χ2v) is 7.88. The van der Waals surface area contributed by atoms with Crippen molar-refractivity contribution >= 4 is 28.9 Å². The Kier molecular flexibility index (Phi) is 5.13. The zero-order chi connectivity index (χ0) is 19.8. The predicted octanol–water partition coefficient (Wildman–Crippen LogP) is 5.13. The average molecular weight is 411 g/mol. The van der Waals surface area contributed by atoms with Gasteiger partial charge in [-0.05, 0) is 75.0 Å². The van der Waals surface area contributed by atoms with Crippen LogP contribution < -0.4 is 5.32 Å². The van der Waals surface area contributed by atoms with E-state index < -0.39 is 0 Å². The molecule has 1 fully saturated rings. The molecule has 1 saturated heterocycles. The normalized spacial score (nSPS) is 19.1. The molecule has 2 atom stereocenters. The summed E-state index contributed by atoms with van der Waals surface area (Å²) in [6, 6.07) is 16.3. The fourth-order valence-electron chi connectivity index (χ4n) is 4.18. The molecule has 1 aliphatic rings. The number of aromatic nitrogens is 2. The Labute approximate surface area is 176 Å². The average Bonchev–Trinajstić information content (AvgIpc) is 3.17. The van der Waals surface area contributed by atoms with Crippen LogP contribution in [0.15, 0.2) is 54.7 Å². The molecule has 0 bridgehead atoms. The third kappa shape index (κ3) is 3.19. The number of thiocarbonyl (C=S) groups is 1. The van der Waals surface area contributed by atoms with Crippen LogP contribution in [0.25, 0.3) is 5.69 Å². The van der Waals surface area contributed by atoms with E-state index >= 15 is 0 Å². The Balaban J connectivity index is 1.84. The van der Waals surface area contributed by atoms with Crippen molar-refractivity contribution in [3.63, 3.8) is 0 Å². The van der Waals surface area contributed by atoms with Gasteiger partial charge in [0, 0.05) is 34.8 Å². The highest BCUT2D eigenvalue weighted by Gasteiger charge is 2.40. The topological polar surface area (TPSA) is 33.1 Å². The molecule has 28 heavy (non-hydrogen) atoms. The van der Waals surface area contributed by atoms with Crippen molar-refractivity contribution in [2.75, 3.05) is 6.54 Å². The Morgan fingerprint density at radius 1 is 1.14 bits per heavy atom. The summed E-state index contributed by atoms with van der Waals surface area (Å²) in [4.78, 5) is 6.84. The van der Waals surface area contributed by atoms with Gasteiger partial charge in [-0.1, -0.05) is 23.7 Å². The molecule has 0 radical (unpaired) electrons. The number of halogens is 1. The van der Waals surface area contributed by atoms with Gasteiger partial charge in [-0.25, -0.2) is 0 Å². The van der Waals surface area contributed by atoms with Gasteiger partial charge in [0.25, 0.3) is 0 Å². The van der Waals surface area contributed by atoms with Gasteiger partial charge >= 0.3 is 0 Å². The number of pyridine rings is 1. The zero-order valence-corrected chi connectivity index (χ0v) is 17.8. The number of hydrogen-bond acceptors (Lipinski definition) is 2.